The molecular weight excluding hydrogens is 429 g/mol. The summed E-state index contributed by atoms with van der Waals surface area (Å²) in [7, 11) is 1.70. The van der Waals surface area contributed by atoms with Crippen LogP contribution in [-0.4, -0.2) is 45.9 Å². The second-order valence-electron chi connectivity index (χ2n) is 6.24. The molecule has 25 heavy (non-hydrogen) atoms. The van der Waals surface area contributed by atoms with E-state index in [0.717, 1.165) is 63.8 Å². The molecule has 0 aliphatic carbocycles. The zero-order valence-corrected chi connectivity index (χ0v) is 18.0. The molecule has 6 heteroatoms. The average molecular weight is 461 g/mol. The number of benzene rings is 1. The van der Waals surface area contributed by atoms with Gasteiger partial charge in [-0.15, -0.1) is 24.0 Å². The Bertz CT molecular complexity index is 514. The van der Waals surface area contributed by atoms with Crippen molar-refractivity contribution < 1.29 is 9.47 Å². The second kappa shape index (κ2) is 11.6. The summed E-state index contributed by atoms with van der Waals surface area (Å²) in [4.78, 5) is 4.87. The first-order valence-corrected chi connectivity index (χ1v) is 8.98. The van der Waals surface area contributed by atoms with E-state index in [4.69, 9.17) is 14.5 Å². The first-order chi connectivity index (χ1) is 11.7. The molecule has 0 bridgehead atoms. The SMILES string of the molecule is CCCNC(=NCC1(c2ccc(OC)cc2)CCOCC1)NCC.I. The Morgan fingerprint density at radius 1 is 1.16 bits per heavy atom. The molecule has 0 radical (unpaired) electrons. The van der Waals surface area contributed by atoms with Crippen LogP contribution in [-0.2, 0) is 10.2 Å². The van der Waals surface area contributed by atoms with Crippen LogP contribution in [0.2, 0.25) is 0 Å². The van der Waals surface area contributed by atoms with Crippen molar-refractivity contribution >= 4 is 29.9 Å². The molecule has 1 aliphatic rings. The molecule has 1 aromatic rings. The summed E-state index contributed by atoms with van der Waals surface area (Å²) >= 11 is 0. The fourth-order valence-electron chi connectivity index (χ4n) is 3.06. The molecule has 0 amide bonds. The molecule has 0 aromatic heterocycles. The van der Waals surface area contributed by atoms with Gasteiger partial charge in [0.2, 0.25) is 0 Å². The molecule has 1 aromatic carbocycles. The molecule has 1 heterocycles. The van der Waals surface area contributed by atoms with Gasteiger partial charge in [-0.1, -0.05) is 19.1 Å². The Balaban J connectivity index is 0.00000312. The minimum absolute atomic E-state index is 0. The number of methoxy groups -OCH3 is 1. The van der Waals surface area contributed by atoms with E-state index in [1.807, 2.05) is 12.1 Å². The number of hydrogen-bond acceptors (Lipinski definition) is 3. The molecule has 2 rings (SSSR count). The lowest BCUT2D eigenvalue weighted by Gasteiger charge is -2.36. The fourth-order valence-corrected chi connectivity index (χ4v) is 3.06. The Morgan fingerprint density at radius 2 is 1.84 bits per heavy atom. The highest BCUT2D eigenvalue weighted by Crippen LogP contribution is 2.36. The first kappa shape index (κ1) is 22.0. The summed E-state index contributed by atoms with van der Waals surface area (Å²) in [5, 5.41) is 6.72. The van der Waals surface area contributed by atoms with Crippen molar-refractivity contribution in [2.24, 2.45) is 4.99 Å². The summed E-state index contributed by atoms with van der Waals surface area (Å²) in [6.07, 6.45) is 3.08. The van der Waals surface area contributed by atoms with Crippen LogP contribution in [0.3, 0.4) is 0 Å². The van der Waals surface area contributed by atoms with Crippen LogP contribution in [0.4, 0.5) is 0 Å². The summed E-state index contributed by atoms with van der Waals surface area (Å²) in [6.45, 7) is 8.41. The van der Waals surface area contributed by atoms with Gasteiger partial charge in [-0.2, -0.15) is 0 Å². The van der Waals surface area contributed by atoms with E-state index in [2.05, 4.69) is 36.6 Å². The maximum Gasteiger partial charge on any atom is 0.191 e. The zero-order chi connectivity index (χ0) is 17.3. The molecule has 142 valence electrons. The van der Waals surface area contributed by atoms with Gasteiger partial charge in [0.25, 0.3) is 0 Å². The molecule has 1 aliphatic heterocycles. The maximum absolute atomic E-state index is 5.61. The van der Waals surface area contributed by atoms with Crippen LogP contribution in [0.25, 0.3) is 0 Å². The molecule has 1 fully saturated rings. The lowest BCUT2D eigenvalue weighted by Crippen LogP contribution is -2.41. The number of guanidine groups is 1. The van der Waals surface area contributed by atoms with Crippen molar-refractivity contribution in [1.82, 2.24) is 10.6 Å². The Morgan fingerprint density at radius 3 is 2.40 bits per heavy atom. The Kier molecular flexibility index (Phi) is 10.2. The lowest BCUT2D eigenvalue weighted by atomic mass is 9.74. The highest BCUT2D eigenvalue weighted by molar-refractivity contribution is 14.0. The van der Waals surface area contributed by atoms with E-state index >= 15 is 0 Å². The van der Waals surface area contributed by atoms with E-state index in [-0.39, 0.29) is 29.4 Å². The zero-order valence-electron chi connectivity index (χ0n) is 15.6. The van der Waals surface area contributed by atoms with Crippen molar-refractivity contribution in [2.45, 2.75) is 38.5 Å². The highest BCUT2D eigenvalue weighted by atomic mass is 127. The topological polar surface area (TPSA) is 54.9 Å². The molecule has 0 spiro atoms. The molecule has 0 unspecified atom stereocenters. The van der Waals surface area contributed by atoms with E-state index in [0.29, 0.717) is 0 Å². The van der Waals surface area contributed by atoms with E-state index < -0.39 is 0 Å². The average Bonchev–Trinajstić information content (AvgIpc) is 2.65. The van der Waals surface area contributed by atoms with Crippen LogP contribution in [0, 0.1) is 0 Å². The minimum atomic E-state index is 0. The predicted octanol–water partition coefficient (Wildman–Crippen LogP) is 3.33. The quantitative estimate of drug-likeness (QED) is 0.372. The Hall–Kier alpha value is -1.02. The van der Waals surface area contributed by atoms with Crippen molar-refractivity contribution in [3.8, 4) is 5.75 Å². The molecule has 5 nitrogen and oxygen atoms in total. The number of halogens is 1. The van der Waals surface area contributed by atoms with Gasteiger partial charge in [-0.3, -0.25) is 4.99 Å². The van der Waals surface area contributed by atoms with Gasteiger partial charge in [-0.05, 0) is 43.9 Å². The van der Waals surface area contributed by atoms with Crippen LogP contribution in [0.5, 0.6) is 5.75 Å². The smallest absolute Gasteiger partial charge is 0.191 e. The third-order valence-corrected chi connectivity index (χ3v) is 4.58. The largest absolute Gasteiger partial charge is 0.497 e. The lowest BCUT2D eigenvalue weighted by molar-refractivity contribution is 0.0531. The third-order valence-electron chi connectivity index (χ3n) is 4.58. The minimum Gasteiger partial charge on any atom is -0.497 e. The molecule has 0 atom stereocenters. The third kappa shape index (κ3) is 6.33. The molecular formula is C19H32IN3O2. The number of nitrogens with zero attached hydrogens (tertiary/aromatic N) is 1. The van der Waals surface area contributed by atoms with Crippen LogP contribution in [0.15, 0.2) is 29.3 Å². The molecule has 1 saturated heterocycles. The van der Waals surface area contributed by atoms with Gasteiger partial charge >= 0.3 is 0 Å². The van der Waals surface area contributed by atoms with E-state index in [1.54, 1.807) is 7.11 Å². The number of ether oxygens (including phenoxy) is 2. The van der Waals surface area contributed by atoms with Gasteiger partial charge in [0.15, 0.2) is 5.96 Å². The number of hydrogen-bond donors (Lipinski definition) is 2. The van der Waals surface area contributed by atoms with Gasteiger partial charge < -0.3 is 20.1 Å². The van der Waals surface area contributed by atoms with Gasteiger partial charge in [0.05, 0.1) is 13.7 Å². The molecule has 2 N–H and O–H groups in total. The van der Waals surface area contributed by atoms with Crippen molar-refractivity contribution in [1.29, 1.82) is 0 Å². The number of rotatable bonds is 7. The van der Waals surface area contributed by atoms with Crippen molar-refractivity contribution in [2.75, 3.05) is 40.0 Å². The van der Waals surface area contributed by atoms with Crippen LogP contribution < -0.4 is 15.4 Å². The normalized spacial score (nSPS) is 16.7. The van der Waals surface area contributed by atoms with E-state index in [9.17, 15) is 0 Å². The highest BCUT2D eigenvalue weighted by Gasteiger charge is 2.34. The standard InChI is InChI=1S/C19H31N3O2.HI/c1-4-12-21-18(20-5-2)22-15-19(10-13-24-14-11-19)16-6-8-17(23-3)9-7-16;/h6-9H,4-5,10-15H2,1-3H3,(H2,20,21,22);1H. The molecule has 0 saturated carbocycles. The van der Waals surface area contributed by atoms with Gasteiger partial charge in [0.1, 0.15) is 5.75 Å². The predicted molar refractivity (Wildman–Crippen MR) is 114 cm³/mol. The van der Waals surface area contributed by atoms with Gasteiger partial charge in [0, 0.05) is 31.7 Å². The fraction of sp³-hybridized carbons (Fsp3) is 0.632. The number of aliphatic imine (C=N–C) groups is 1. The summed E-state index contributed by atoms with van der Waals surface area (Å²) in [5.41, 5.74) is 1.36. The monoisotopic (exact) mass is 461 g/mol. The van der Waals surface area contributed by atoms with Crippen molar-refractivity contribution in [3.05, 3.63) is 29.8 Å². The second-order valence-corrected chi connectivity index (χ2v) is 6.24. The summed E-state index contributed by atoms with van der Waals surface area (Å²) < 4.78 is 10.9. The summed E-state index contributed by atoms with van der Waals surface area (Å²) in [5.74, 6) is 1.79. The first-order valence-electron chi connectivity index (χ1n) is 8.98. The summed E-state index contributed by atoms with van der Waals surface area (Å²) in [6, 6.07) is 8.42. The van der Waals surface area contributed by atoms with E-state index in [1.165, 1.54) is 5.56 Å². The Labute approximate surface area is 169 Å². The number of nitrogens with one attached hydrogen (secondary N) is 2. The van der Waals surface area contributed by atoms with Crippen LogP contribution in [0.1, 0.15) is 38.7 Å². The van der Waals surface area contributed by atoms with Gasteiger partial charge in [-0.25, -0.2) is 0 Å². The van der Waals surface area contributed by atoms with Crippen LogP contribution >= 0.6 is 24.0 Å². The van der Waals surface area contributed by atoms with Crippen molar-refractivity contribution in [3.63, 3.8) is 0 Å². The maximum atomic E-state index is 5.61.